The van der Waals surface area contributed by atoms with E-state index >= 15 is 0 Å². The van der Waals surface area contributed by atoms with Gasteiger partial charge in [0.15, 0.2) is 11.9 Å². The maximum absolute atomic E-state index is 12.9. The fourth-order valence-electron chi connectivity index (χ4n) is 2.03. The van der Waals surface area contributed by atoms with Crippen LogP contribution in [0.4, 0.5) is 19.1 Å². The molecule has 3 rings (SSSR count). The summed E-state index contributed by atoms with van der Waals surface area (Å²) in [6.45, 7) is 0.235. The van der Waals surface area contributed by atoms with E-state index in [1.54, 1.807) is 24.5 Å². The molecule has 0 aliphatic carbocycles. The molecule has 1 atom stereocenters. The van der Waals surface area contributed by atoms with Crippen LogP contribution < -0.4 is 5.32 Å². The number of anilines is 1. The topological polar surface area (TPSA) is 55.6 Å². The zero-order valence-corrected chi connectivity index (χ0v) is 9.72. The van der Waals surface area contributed by atoms with E-state index in [1.165, 1.54) is 0 Å². The second kappa shape index (κ2) is 4.22. The highest BCUT2D eigenvalue weighted by Gasteiger charge is 2.44. The summed E-state index contributed by atoms with van der Waals surface area (Å²) in [6.07, 6.45) is -1.27. The molecular formula is C11H10F3N5. The van der Waals surface area contributed by atoms with Crippen LogP contribution in [0.1, 0.15) is 12.5 Å². The third kappa shape index (κ3) is 2.13. The summed E-state index contributed by atoms with van der Waals surface area (Å²) >= 11 is 0. The normalized spacial score (nSPS) is 18.8. The summed E-state index contributed by atoms with van der Waals surface area (Å²) in [4.78, 5) is 7.95. The number of pyridine rings is 1. The van der Waals surface area contributed by atoms with Gasteiger partial charge in [-0.25, -0.2) is 4.68 Å². The van der Waals surface area contributed by atoms with Gasteiger partial charge in [-0.05, 0) is 18.6 Å². The number of nitrogens with zero attached hydrogens (tertiary/aromatic N) is 4. The number of fused-ring (bicyclic) bond motifs is 1. The third-order valence-electron chi connectivity index (χ3n) is 2.94. The average molecular weight is 269 g/mol. The molecule has 3 heterocycles. The van der Waals surface area contributed by atoms with Crippen molar-refractivity contribution in [1.82, 2.24) is 19.7 Å². The van der Waals surface area contributed by atoms with Gasteiger partial charge in [0.2, 0.25) is 5.95 Å². The number of rotatable bonds is 1. The Morgan fingerprint density at radius 1 is 1.26 bits per heavy atom. The molecule has 0 radical (unpaired) electrons. The molecule has 2 aromatic heterocycles. The first kappa shape index (κ1) is 11.9. The first-order chi connectivity index (χ1) is 9.05. The predicted molar refractivity (Wildman–Crippen MR) is 61.5 cm³/mol. The van der Waals surface area contributed by atoms with Crippen molar-refractivity contribution in [2.75, 3.05) is 11.9 Å². The molecule has 1 N–H and O–H groups in total. The minimum absolute atomic E-state index is 0.0460. The minimum Gasteiger partial charge on any atom is -0.354 e. The van der Waals surface area contributed by atoms with E-state index < -0.39 is 12.2 Å². The molecule has 0 saturated heterocycles. The first-order valence-electron chi connectivity index (χ1n) is 5.73. The van der Waals surface area contributed by atoms with Crippen molar-refractivity contribution in [1.29, 1.82) is 0 Å². The Labute approximate surface area is 106 Å². The zero-order chi connectivity index (χ0) is 13.5. The highest BCUT2D eigenvalue weighted by atomic mass is 19.4. The SMILES string of the molecule is FC(F)(F)C1CCNc2nc(-c3ccncc3)nn21. The number of aromatic nitrogens is 4. The van der Waals surface area contributed by atoms with Gasteiger partial charge < -0.3 is 5.32 Å². The second-order valence-corrected chi connectivity index (χ2v) is 4.21. The van der Waals surface area contributed by atoms with Gasteiger partial charge in [-0.1, -0.05) is 0 Å². The lowest BCUT2D eigenvalue weighted by atomic mass is 10.2. The molecule has 0 saturated carbocycles. The van der Waals surface area contributed by atoms with E-state index in [0.29, 0.717) is 5.56 Å². The van der Waals surface area contributed by atoms with Crippen molar-refractivity contribution in [2.24, 2.45) is 0 Å². The van der Waals surface area contributed by atoms with Crippen molar-refractivity contribution in [2.45, 2.75) is 18.6 Å². The van der Waals surface area contributed by atoms with Gasteiger partial charge in [-0.2, -0.15) is 18.2 Å². The Bertz CT molecular complexity index is 578. The van der Waals surface area contributed by atoms with Gasteiger partial charge in [-0.3, -0.25) is 4.98 Å². The first-order valence-corrected chi connectivity index (χ1v) is 5.73. The van der Waals surface area contributed by atoms with Crippen LogP contribution in [0.3, 0.4) is 0 Å². The molecule has 2 aromatic rings. The van der Waals surface area contributed by atoms with E-state index in [-0.39, 0.29) is 24.7 Å². The molecule has 19 heavy (non-hydrogen) atoms. The van der Waals surface area contributed by atoms with E-state index in [1.807, 2.05) is 0 Å². The van der Waals surface area contributed by atoms with Gasteiger partial charge in [0.25, 0.3) is 0 Å². The van der Waals surface area contributed by atoms with E-state index in [9.17, 15) is 13.2 Å². The fourth-order valence-corrected chi connectivity index (χ4v) is 2.03. The monoisotopic (exact) mass is 269 g/mol. The highest BCUT2D eigenvalue weighted by Crippen LogP contribution is 2.37. The Balaban J connectivity index is 2.03. The quantitative estimate of drug-likeness (QED) is 0.862. The Morgan fingerprint density at radius 3 is 2.68 bits per heavy atom. The predicted octanol–water partition coefficient (Wildman–Crippen LogP) is 2.26. The van der Waals surface area contributed by atoms with Gasteiger partial charge in [0.1, 0.15) is 0 Å². The molecule has 1 unspecified atom stereocenters. The van der Waals surface area contributed by atoms with Crippen molar-refractivity contribution < 1.29 is 13.2 Å². The second-order valence-electron chi connectivity index (χ2n) is 4.21. The number of halogens is 3. The van der Waals surface area contributed by atoms with Gasteiger partial charge in [-0.15, -0.1) is 5.10 Å². The summed E-state index contributed by atoms with van der Waals surface area (Å²) in [5.41, 5.74) is 0.639. The molecule has 0 bridgehead atoms. The summed E-state index contributed by atoms with van der Waals surface area (Å²) < 4.78 is 39.6. The van der Waals surface area contributed by atoms with E-state index in [0.717, 1.165) is 4.68 Å². The van der Waals surface area contributed by atoms with Gasteiger partial charge in [0, 0.05) is 24.5 Å². The molecule has 8 heteroatoms. The van der Waals surface area contributed by atoms with Crippen molar-refractivity contribution in [3.63, 3.8) is 0 Å². The lowest BCUT2D eigenvalue weighted by molar-refractivity contribution is -0.171. The maximum atomic E-state index is 12.9. The van der Waals surface area contributed by atoms with Crippen LogP contribution in [0, 0.1) is 0 Å². The lowest BCUT2D eigenvalue weighted by Crippen LogP contribution is -2.34. The van der Waals surface area contributed by atoms with Crippen LogP contribution in [0.15, 0.2) is 24.5 Å². The summed E-state index contributed by atoms with van der Waals surface area (Å²) in [5, 5.41) is 6.79. The van der Waals surface area contributed by atoms with E-state index in [2.05, 4.69) is 20.4 Å². The maximum Gasteiger partial charge on any atom is 0.411 e. The Hall–Kier alpha value is -2.12. The van der Waals surface area contributed by atoms with Gasteiger partial charge in [0.05, 0.1) is 0 Å². The van der Waals surface area contributed by atoms with Crippen LogP contribution in [0.25, 0.3) is 11.4 Å². The average Bonchev–Trinajstić information content (AvgIpc) is 2.82. The molecule has 1 aliphatic heterocycles. The van der Waals surface area contributed by atoms with Gasteiger partial charge >= 0.3 is 6.18 Å². The summed E-state index contributed by atoms with van der Waals surface area (Å²) in [5.74, 6) is 0.418. The van der Waals surface area contributed by atoms with Crippen LogP contribution in [0.2, 0.25) is 0 Å². The number of nitrogens with one attached hydrogen (secondary N) is 1. The molecule has 100 valence electrons. The van der Waals surface area contributed by atoms with Crippen molar-refractivity contribution >= 4 is 5.95 Å². The third-order valence-corrected chi connectivity index (χ3v) is 2.94. The molecule has 0 aromatic carbocycles. The number of alkyl halides is 3. The number of hydrogen-bond acceptors (Lipinski definition) is 4. The Kier molecular flexibility index (Phi) is 2.65. The lowest BCUT2D eigenvalue weighted by Gasteiger charge is -2.25. The van der Waals surface area contributed by atoms with Crippen LogP contribution in [0.5, 0.6) is 0 Å². The molecule has 0 amide bonds. The summed E-state index contributed by atoms with van der Waals surface area (Å²) in [6, 6.07) is 1.69. The standard InChI is InChI=1S/C11H10F3N5/c12-11(13,14)8-3-6-16-10-17-9(18-19(8)10)7-1-4-15-5-2-7/h1-2,4-5,8H,3,6H2,(H,16,17,18). The number of hydrogen-bond donors (Lipinski definition) is 1. The smallest absolute Gasteiger partial charge is 0.354 e. The van der Waals surface area contributed by atoms with Crippen LogP contribution in [-0.4, -0.2) is 32.5 Å². The molecule has 0 fully saturated rings. The van der Waals surface area contributed by atoms with Crippen molar-refractivity contribution in [3.8, 4) is 11.4 Å². The molecule has 5 nitrogen and oxygen atoms in total. The molecule has 0 spiro atoms. The van der Waals surface area contributed by atoms with Crippen LogP contribution >= 0.6 is 0 Å². The minimum atomic E-state index is -4.32. The summed E-state index contributed by atoms with van der Waals surface area (Å²) in [7, 11) is 0. The van der Waals surface area contributed by atoms with Crippen molar-refractivity contribution in [3.05, 3.63) is 24.5 Å². The Morgan fingerprint density at radius 2 is 2.00 bits per heavy atom. The van der Waals surface area contributed by atoms with Crippen LogP contribution in [-0.2, 0) is 0 Å². The largest absolute Gasteiger partial charge is 0.411 e. The zero-order valence-electron chi connectivity index (χ0n) is 9.72. The fraction of sp³-hybridized carbons (Fsp3) is 0.364. The molecule has 1 aliphatic rings. The molecular weight excluding hydrogens is 259 g/mol. The van der Waals surface area contributed by atoms with E-state index in [4.69, 9.17) is 0 Å². The highest BCUT2D eigenvalue weighted by molar-refractivity contribution is 5.55.